The Balaban J connectivity index is 2.44. The molecular weight excluding hydrogens is 256 g/mol. The van der Waals surface area contributed by atoms with Crippen molar-refractivity contribution in [2.75, 3.05) is 0 Å². The third kappa shape index (κ3) is 4.79. The van der Waals surface area contributed by atoms with Crippen molar-refractivity contribution in [3.05, 3.63) is 28.5 Å². The number of primary amides is 1. The third-order valence-electron chi connectivity index (χ3n) is 1.86. The summed E-state index contributed by atoms with van der Waals surface area (Å²) >= 11 is 1.50. The van der Waals surface area contributed by atoms with E-state index < -0.39 is 24.0 Å². The van der Waals surface area contributed by atoms with Gasteiger partial charge < -0.3 is 10.5 Å². The molecule has 0 fully saturated rings. The van der Waals surface area contributed by atoms with Crippen LogP contribution in [0, 0.1) is 0 Å². The highest BCUT2D eigenvalue weighted by Gasteiger charge is 2.17. The maximum Gasteiger partial charge on any atom is 0.331 e. The molecule has 0 spiro atoms. The molecule has 1 heterocycles. The van der Waals surface area contributed by atoms with Gasteiger partial charge in [0.05, 0.1) is 0 Å². The minimum atomic E-state index is -1.09. The van der Waals surface area contributed by atoms with Gasteiger partial charge >= 0.3 is 12.0 Å². The highest BCUT2D eigenvalue weighted by molar-refractivity contribution is 7.08. The lowest BCUT2D eigenvalue weighted by atomic mass is 10.3. The molecule has 0 saturated carbocycles. The maximum atomic E-state index is 11.3. The lowest BCUT2D eigenvalue weighted by Gasteiger charge is -2.09. The Kier molecular flexibility index (Phi) is 5.06. The summed E-state index contributed by atoms with van der Waals surface area (Å²) in [6.07, 6.45) is 1.69. The van der Waals surface area contributed by atoms with Crippen molar-refractivity contribution in [1.82, 2.24) is 5.32 Å². The third-order valence-corrected chi connectivity index (χ3v) is 2.57. The number of ether oxygens (including phenoxy) is 1. The summed E-state index contributed by atoms with van der Waals surface area (Å²) in [6.45, 7) is 1.34. The van der Waals surface area contributed by atoms with E-state index in [0.717, 1.165) is 5.56 Å². The number of thiophene rings is 1. The molecule has 3 amide bonds. The molecule has 18 heavy (non-hydrogen) atoms. The van der Waals surface area contributed by atoms with Gasteiger partial charge in [0.25, 0.3) is 5.91 Å². The number of carbonyl (C=O) groups excluding carboxylic acids is 3. The zero-order valence-electron chi connectivity index (χ0n) is 9.58. The predicted octanol–water partition coefficient (Wildman–Crippen LogP) is 0.888. The molecule has 1 aromatic heterocycles. The van der Waals surface area contributed by atoms with Gasteiger partial charge in [-0.25, -0.2) is 9.59 Å². The number of nitrogens with two attached hydrogens (primary N) is 1. The van der Waals surface area contributed by atoms with E-state index in [-0.39, 0.29) is 0 Å². The van der Waals surface area contributed by atoms with Crippen molar-refractivity contribution in [1.29, 1.82) is 0 Å². The molecule has 1 aromatic rings. The molecule has 7 heteroatoms. The van der Waals surface area contributed by atoms with E-state index >= 15 is 0 Å². The molecule has 0 radical (unpaired) electrons. The van der Waals surface area contributed by atoms with Crippen molar-refractivity contribution >= 4 is 35.3 Å². The highest BCUT2D eigenvalue weighted by Crippen LogP contribution is 2.07. The van der Waals surface area contributed by atoms with Gasteiger partial charge in [0.15, 0.2) is 6.10 Å². The molecule has 0 unspecified atom stereocenters. The summed E-state index contributed by atoms with van der Waals surface area (Å²) in [5.41, 5.74) is 5.63. The second-order valence-electron chi connectivity index (χ2n) is 3.32. The summed E-state index contributed by atoms with van der Waals surface area (Å²) < 4.78 is 4.77. The molecular formula is C11H12N2O4S. The number of esters is 1. The van der Waals surface area contributed by atoms with Crippen molar-refractivity contribution in [3.63, 3.8) is 0 Å². The van der Waals surface area contributed by atoms with Crippen molar-refractivity contribution in [2.45, 2.75) is 13.0 Å². The zero-order valence-corrected chi connectivity index (χ0v) is 10.4. The Bertz CT molecular complexity index is 467. The number of amides is 3. The second-order valence-corrected chi connectivity index (χ2v) is 4.10. The monoisotopic (exact) mass is 268 g/mol. The average Bonchev–Trinajstić information content (AvgIpc) is 2.78. The molecule has 0 aliphatic carbocycles. The Labute approximate surface area is 107 Å². The first-order chi connectivity index (χ1) is 8.49. The fourth-order valence-electron chi connectivity index (χ4n) is 1.02. The topological polar surface area (TPSA) is 98.5 Å². The number of nitrogens with one attached hydrogen (secondary N) is 1. The van der Waals surface area contributed by atoms with E-state index in [4.69, 9.17) is 10.5 Å². The molecule has 6 nitrogen and oxygen atoms in total. The number of urea groups is 1. The average molecular weight is 268 g/mol. The summed E-state index contributed by atoms with van der Waals surface area (Å²) in [6, 6.07) is 0.842. The van der Waals surface area contributed by atoms with Crippen LogP contribution < -0.4 is 11.1 Å². The van der Waals surface area contributed by atoms with E-state index in [1.807, 2.05) is 22.1 Å². The molecule has 0 bridgehead atoms. The Morgan fingerprint density at radius 1 is 1.50 bits per heavy atom. The van der Waals surface area contributed by atoms with Gasteiger partial charge in [-0.15, -0.1) is 0 Å². The SMILES string of the molecule is C[C@H](OC(=O)/C=C/c1ccsc1)C(=O)NC(N)=O. The summed E-state index contributed by atoms with van der Waals surface area (Å²) in [7, 11) is 0. The molecule has 0 aliphatic heterocycles. The first kappa shape index (κ1) is 13.9. The van der Waals surface area contributed by atoms with Crippen LogP contribution in [0.4, 0.5) is 4.79 Å². The maximum absolute atomic E-state index is 11.3. The van der Waals surface area contributed by atoms with Crippen LogP contribution in [0.25, 0.3) is 6.08 Å². The summed E-state index contributed by atoms with van der Waals surface area (Å²) in [5, 5.41) is 5.54. The lowest BCUT2D eigenvalue weighted by Crippen LogP contribution is -2.42. The minimum Gasteiger partial charge on any atom is -0.449 e. The lowest BCUT2D eigenvalue weighted by molar-refractivity contribution is -0.149. The smallest absolute Gasteiger partial charge is 0.331 e. The number of hydrogen-bond acceptors (Lipinski definition) is 5. The Morgan fingerprint density at radius 3 is 2.78 bits per heavy atom. The quantitative estimate of drug-likeness (QED) is 0.625. The largest absolute Gasteiger partial charge is 0.449 e. The predicted molar refractivity (Wildman–Crippen MR) is 66.6 cm³/mol. The van der Waals surface area contributed by atoms with Gasteiger partial charge in [0.1, 0.15) is 0 Å². The van der Waals surface area contributed by atoms with Crippen molar-refractivity contribution in [2.24, 2.45) is 5.73 Å². The number of rotatable bonds is 4. The minimum absolute atomic E-state index is 0.673. The summed E-state index contributed by atoms with van der Waals surface area (Å²) in [4.78, 5) is 33.0. The van der Waals surface area contributed by atoms with Gasteiger partial charge in [0, 0.05) is 6.08 Å². The Hall–Kier alpha value is -2.15. The molecule has 3 N–H and O–H groups in total. The van der Waals surface area contributed by atoms with E-state index in [1.54, 1.807) is 6.08 Å². The van der Waals surface area contributed by atoms with Crippen LogP contribution in [0.1, 0.15) is 12.5 Å². The Morgan fingerprint density at radius 2 is 2.22 bits per heavy atom. The highest BCUT2D eigenvalue weighted by atomic mass is 32.1. The number of hydrogen-bond donors (Lipinski definition) is 2. The molecule has 0 aromatic carbocycles. The van der Waals surface area contributed by atoms with E-state index in [1.165, 1.54) is 24.3 Å². The van der Waals surface area contributed by atoms with Gasteiger partial charge in [-0.3, -0.25) is 10.1 Å². The van der Waals surface area contributed by atoms with Crippen LogP contribution in [-0.2, 0) is 14.3 Å². The normalized spacial score (nSPS) is 12.1. The van der Waals surface area contributed by atoms with Gasteiger partial charge in [-0.1, -0.05) is 0 Å². The van der Waals surface area contributed by atoms with Gasteiger partial charge in [-0.05, 0) is 35.4 Å². The first-order valence-electron chi connectivity index (χ1n) is 5.00. The second kappa shape index (κ2) is 6.55. The van der Waals surface area contributed by atoms with Gasteiger partial charge in [0.2, 0.25) is 0 Å². The van der Waals surface area contributed by atoms with Gasteiger partial charge in [-0.2, -0.15) is 11.3 Å². The molecule has 1 rings (SSSR count). The number of carbonyl (C=O) groups is 3. The van der Waals surface area contributed by atoms with Crippen LogP contribution in [0.3, 0.4) is 0 Å². The van der Waals surface area contributed by atoms with Crippen LogP contribution >= 0.6 is 11.3 Å². The zero-order chi connectivity index (χ0) is 13.5. The summed E-state index contributed by atoms with van der Waals surface area (Å²) in [5.74, 6) is -1.44. The fourth-order valence-corrected chi connectivity index (χ4v) is 1.65. The van der Waals surface area contributed by atoms with E-state index in [2.05, 4.69) is 0 Å². The van der Waals surface area contributed by atoms with Crippen LogP contribution in [-0.4, -0.2) is 24.0 Å². The molecule has 96 valence electrons. The van der Waals surface area contributed by atoms with Crippen LogP contribution in [0.2, 0.25) is 0 Å². The standard InChI is InChI=1S/C11H12N2O4S/c1-7(10(15)13-11(12)16)17-9(14)3-2-8-4-5-18-6-8/h2-7H,1H3,(H3,12,13,15,16)/b3-2+/t7-/m0/s1. The van der Waals surface area contributed by atoms with Crippen LogP contribution in [0.5, 0.6) is 0 Å². The molecule has 1 atom stereocenters. The first-order valence-corrected chi connectivity index (χ1v) is 5.94. The van der Waals surface area contributed by atoms with Crippen molar-refractivity contribution < 1.29 is 19.1 Å². The number of imide groups is 1. The molecule has 0 saturated heterocycles. The van der Waals surface area contributed by atoms with E-state index in [9.17, 15) is 14.4 Å². The van der Waals surface area contributed by atoms with Crippen LogP contribution in [0.15, 0.2) is 22.9 Å². The van der Waals surface area contributed by atoms with Crippen molar-refractivity contribution in [3.8, 4) is 0 Å². The fraction of sp³-hybridized carbons (Fsp3) is 0.182. The molecule has 0 aliphatic rings. The van der Waals surface area contributed by atoms with E-state index in [0.29, 0.717) is 0 Å².